The molecule has 3 rings (SSSR count). The monoisotopic (exact) mass is 342 g/mol. The smallest absolute Gasteiger partial charge is 0.272 e. The van der Waals surface area contributed by atoms with Gasteiger partial charge in [0.15, 0.2) is 17.6 Å². The Hall–Kier alpha value is -3.09. The average Bonchev–Trinajstić information content (AvgIpc) is 2.60. The van der Waals surface area contributed by atoms with Crippen LogP contribution in [0.3, 0.4) is 0 Å². The third-order valence-corrected chi connectivity index (χ3v) is 4.03. The van der Waals surface area contributed by atoms with Gasteiger partial charge in [-0.15, -0.1) is 0 Å². The molecule has 0 unspecified atom stereocenters. The number of hydrogen-bond acceptors (Lipinski definition) is 5. The zero-order chi connectivity index (χ0) is 18.0. The van der Waals surface area contributed by atoms with Crippen LogP contribution >= 0.6 is 0 Å². The van der Waals surface area contributed by atoms with Crippen molar-refractivity contribution in [1.82, 2.24) is 4.90 Å². The van der Waals surface area contributed by atoms with Crippen LogP contribution in [0.4, 0.5) is 5.69 Å². The molecule has 0 radical (unpaired) electrons. The Morgan fingerprint density at radius 1 is 1.28 bits per heavy atom. The maximum Gasteiger partial charge on any atom is 0.272 e. The lowest BCUT2D eigenvalue weighted by atomic mass is 10.1. The quantitative estimate of drug-likeness (QED) is 0.630. The van der Waals surface area contributed by atoms with Crippen LogP contribution in [0, 0.1) is 17.0 Å². The van der Waals surface area contributed by atoms with Crippen molar-refractivity contribution < 1.29 is 19.2 Å². The zero-order valence-electron chi connectivity index (χ0n) is 14.0. The predicted octanol–water partition coefficient (Wildman–Crippen LogP) is 2.82. The van der Waals surface area contributed by atoms with Gasteiger partial charge in [-0.1, -0.05) is 12.1 Å². The molecule has 0 aromatic heterocycles. The van der Waals surface area contributed by atoms with Crippen LogP contribution in [0.5, 0.6) is 11.5 Å². The summed E-state index contributed by atoms with van der Waals surface area (Å²) in [5, 5.41) is 10.9. The maximum atomic E-state index is 12.6. The number of nitro benzene ring substituents is 1. The molecular weight excluding hydrogens is 324 g/mol. The molecule has 25 heavy (non-hydrogen) atoms. The molecule has 130 valence electrons. The lowest BCUT2D eigenvalue weighted by Crippen LogP contribution is -2.41. The second kappa shape index (κ2) is 6.80. The lowest BCUT2D eigenvalue weighted by Gasteiger charge is -2.29. The first-order valence-electron chi connectivity index (χ1n) is 7.84. The largest absolute Gasteiger partial charge is 0.486 e. The third kappa shape index (κ3) is 3.55. The first-order valence-corrected chi connectivity index (χ1v) is 7.84. The van der Waals surface area contributed by atoms with Crippen LogP contribution in [0.25, 0.3) is 0 Å². The number of carbonyl (C=O) groups is 1. The molecule has 0 bridgehead atoms. The van der Waals surface area contributed by atoms with Crippen molar-refractivity contribution in [2.45, 2.75) is 13.0 Å². The van der Waals surface area contributed by atoms with Crippen LogP contribution in [-0.2, 0) is 0 Å². The van der Waals surface area contributed by atoms with E-state index in [9.17, 15) is 14.9 Å². The first-order chi connectivity index (χ1) is 12.0. The van der Waals surface area contributed by atoms with Gasteiger partial charge in [-0.25, -0.2) is 0 Å². The zero-order valence-corrected chi connectivity index (χ0v) is 14.0. The van der Waals surface area contributed by atoms with E-state index in [4.69, 9.17) is 9.47 Å². The SMILES string of the molecule is Cc1cc(C(=O)N(C)C[C@H]2COc3ccccc3O2)ccc1[N+](=O)[O-]. The second-order valence-electron chi connectivity index (χ2n) is 5.94. The van der Waals surface area contributed by atoms with Gasteiger partial charge in [-0.2, -0.15) is 0 Å². The highest BCUT2D eigenvalue weighted by Gasteiger charge is 2.24. The molecule has 0 fully saturated rings. The number of hydrogen-bond donors (Lipinski definition) is 0. The van der Waals surface area contributed by atoms with Gasteiger partial charge >= 0.3 is 0 Å². The normalized spacial score (nSPS) is 15.5. The Labute approximate surface area is 144 Å². The van der Waals surface area contributed by atoms with E-state index in [1.54, 1.807) is 14.0 Å². The summed E-state index contributed by atoms with van der Waals surface area (Å²) in [7, 11) is 1.67. The summed E-state index contributed by atoms with van der Waals surface area (Å²) in [4.78, 5) is 24.5. The number of nitro groups is 1. The summed E-state index contributed by atoms with van der Waals surface area (Å²) in [6, 6.07) is 11.7. The van der Waals surface area contributed by atoms with E-state index >= 15 is 0 Å². The molecule has 2 aromatic carbocycles. The van der Waals surface area contributed by atoms with Gasteiger partial charge in [0.2, 0.25) is 0 Å². The number of ether oxygens (including phenoxy) is 2. The van der Waals surface area contributed by atoms with Gasteiger partial charge in [0.25, 0.3) is 11.6 Å². The molecule has 1 amide bonds. The molecule has 0 N–H and O–H groups in total. The van der Waals surface area contributed by atoms with Gasteiger partial charge in [0.1, 0.15) is 6.61 Å². The fourth-order valence-corrected chi connectivity index (χ4v) is 2.76. The highest BCUT2D eigenvalue weighted by Crippen LogP contribution is 2.31. The first kappa shape index (κ1) is 16.8. The number of amides is 1. The van der Waals surface area contributed by atoms with Crippen LogP contribution in [-0.4, -0.2) is 42.0 Å². The molecular formula is C18H18N2O5. The van der Waals surface area contributed by atoms with E-state index in [1.165, 1.54) is 23.1 Å². The Balaban J connectivity index is 1.67. The van der Waals surface area contributed by atoms with Crippen molar-refractivity contribution in [1.29, 1.82) is 0 Å². The molecule has 0 saturated heterocycles. The molecule has 0 saturated carbocycles. The fourth-order valence-electron chi connectivity index (χ4n) is 2.76. The molecule has 1 aliphatic heterocycles. The fraction of sp³-hybridized carbons (Fsp3) is 0.278. The van der Waals surface area contributed by atoms with Crippen molar-refractivity contribution in [2.24, 2.45) is 0 Å². The van der Waals surface area contributed by atoms with E-state index in [1.807, 2.05) is 24.3 Å². The van der Waals surface area contributed by atoms with Gasteiger partial charge in [-0.3, -0.25) is 14.9 Å². The van der Waals surface area contributed by atoms with E-state index in [2.05, 4.69) is 0 Å². The number of carbonyl (C=O) groups excluding carboxylic acids is 1. The topological polar surface area (TPSA) is 81.9 Å². The molecule has 2 aromatic rings. The Kier molecular flexibility index (Phi) is 4.56. The Morgan fingerprint density at radius 3 is 2.68 bits per heavy atom. The van der Waals surface area contributed by atoms with Crippen molar-refractivity contribution >= 4 is 11.6 Å². The van der Waals surface area contributed by atoms with Crippen molar-refractivity contribution in [3.8, 4) is 11.5 Å². The van der Waals surface area contributed by atoms with E-state index in [-0.39, 0.29) is 17.7 Å². The molecule has 0 aliphatic carbocycles. The molecule has 1 aliphatic rings. The summed E-state index contributed by atoms with van der Waals surface area (Å²) < 4.78 is 11.5. The van der Waals surface area contributed by atoms with E-state index in [0.29, 0.717) is 35.8 Å². The van der Waals surface area contributed by atoms with Gasteiger partial charge in [0.05, 0.1) is 11.5 Å². The Morgan fingerprint density at radius 2 is 2.00 bits per heavy atom. The van der Waals surface area contributed by atoms with Gasteiger partial charge in [0, 0.05) is 24.2 Å². The van der Waals surface area contributed by atoms with Crippen molar-refractivity contribution in [3.63, 3.8) is 0 Å². The number of likely N-dealkylation sites (N-methyl/N-ethyl adjacent to an activating group) is 1. The highest BCUT2D eigenvalue weighted by atomic mass is 16.6. The number of benzene rings is 2. The number of rotatable bonds is 4. The highest BCUT2D eigenvalue weighted by molar-refractivity contribution is 5.94. The van der Waals surface area contributed by atoms with Crippen LogP contribution < -0.4 is 9.47 Å². The van der Waals surface area contributed by atoms with Gasteiger partial charge in [-0.05, 0) is 31.2 Å². The minimum absolute atomic E-state index is 0.000163. The Bertz CT molecular complexity index is 821. The molecule has 1 heterocycles. The third-order valence-electron chi connectivity index (χ3n) is 4.03. The summed E-state index contributed by atoms with van der Waals surface area (Å²) >= 11 is 0. The van der Waals surface area contributed by atoms with Crippen LogP contribution in [0.1, 0.15) is 15.9 Å². The van der Waals surface area contributed by atoms with Crippen LogP contribution in [0.2, 0.25) is 0 Å². The van der Waals surface area contributed by atoms with Crippen molar-refractivity contribution in [3.05, 3.63) is 63.7 Å². The average molecular weight is 342 g/mol. The minimum atomic E-state index is -0.460. The molecule has 7 nitrogen and oxygen atoms in total. The van der Waals surface area contributed by atoms with Crippen molar-refractivity contribution in [2.75, 3.05) is 20.2 Å². The lowest BCUT2D eigenvalue weighted by molar-refractivity contribution is -0.385. The number of fused-ring (bicyclic) bond motifs is 1. The summed E-state index contributed by atoms with van der Waals surface area (Å²) in [6.45, 7) is 2.32. The van der Waals surface area contributed by atoms with E-state index in [0.717, 1.165) is 0 Å². The number of nitrogens with zero attached hydrogens (tertiary/aromatic N) is 2. The second-order valence-corrected chi connectivity index (χ2v) is 5.94. The minimum Gasteiger partial charge on any atom is -0.486 e. The summed E-state index contributed by atoms with van der Waals surface area (Å²) in [5.74, 6) is 1.13. The summed E-state index contributed by atoms with van der Waals surface area (Å²) in [6.07, 6.45) is -0.275. The molecule has 1 atom stereocenters. The number of para-hydroxylation sites is 2. The molecule has 0 spiro atoms. The summed E-state index contributed by atoms with van der Waals surface area (Å²) in [5.41, 5.74) is 0.859. The molecule has 7 heteroatoms. The standard InChI is InChI=1S/C18H18N2O5/c1-12-9-13(7-8-15(12)20(22)23)18(21)19(2)10-14-11-24-16-5-3-4-6-17(16)25-14/h3-9,14H,10-11H2,1-2H3/t14-/m0/s1. The van der Waals surface area contributed by atoms with Gasteiger partial charge < -0.3 is 14.4 Å². The van der Waals surface area contributed by atoms with E-state index < -0.39 is 4.92 Å². The van der Waals surface area contributed by atoms with Crippen LogP contribution in [0.15, 0.2) is 42.5 Å². The maximum absolute atomic E-state index is 12.6. The number of aryl methyl sites for hydroxylation is 1. The predicted molar refractivity (Wildman–Crippen MR) is 91.1 cm³/mol.